The number of anilines is 1. The van der Waals surface area contributed by atoms with Crippen LogP contribution < -0.4 is 10.6 Å². The average Bonchev–Trinajstić information content (AvgIpc) is 2.46. The number of rotatable bonds is 4. The second-order valence-corrected chi connectivity index (χ2v) is 5.71. The van der Waals surface area contributed by atoms with Crippen molar-refractivity contribution in [3.05, 3.63) is 57.7 Å². The van der Waals surface area contributed by atoms with Gasteiger partial charge in [-0.25, -0.2) is 4.98 Å². The van der Waals surface area contributed by atoms with Crippen LogP contribution in [0.4, 0.5) is 5.82 Å². The van der Waals surface area contributed by atoms with Gasteiger partial charge in [-0.1, -0.05) is 23.4 Å². The summed E-state index contributed by atoms with van der Waals surface area (Å²) in [5.74, 6) is 0.976. The van der Waals surface area contributed by atoms with Crippen molar-refractivity contribution >= 4 is 27.6 Å². The Morgan fingerprint density at radius 3 is 2.86 bits per heavy atom. The fourth-order valence-corrected chi connectivity index (χ4v) is 2.81. The lowest BCUT2D eigenvalue weighted by Gasteiger charge is -2.20. The lowest BCUT2D eigenvalue weighted by Crippen LogP contribution is -2.19. The third-order valence-electron chi connectivity index (χ3n) is 3.07. The van der Waals surface area contributed by atoms with E-state index in [0.717, 1.165) is 21.4 Å². The highest BCUT2D eigenvalue weighted by molar-refractivity contribution is 9.10. The Morgan fingerprint density at radius 1 is 1.43 bits per heavy atom. The van der Waals surface area contributed by atoms with Gasteiger partial charge in [-0.15, -0.1) is 0 Å². The summed E-state index contributed by atoms with van der Waals surface area (Å²) in [4.78, 5) is 6.47. The minimum absolute atomic E-state index is 0.106. The number of nitrogens with two attached hydrogens (primary N) is 1. The van der Waals surface area contributed by atoms with E-state index in [1.54, 1.807) is 6.07 Å². The Hall–Kier alpha value is -2.08. The molecular weight excluding hydrogens is 332 g/mol. The molecule has 2 rings (SSSR count). The van der Waals surface area contributed by atoms with Gasteiger partial charge in [0.1, 0.15) is 5.82 Å². The summed E-state index contributed by atoms with van der Waals surface area (Å²) in [6.45, 7) is 2.67. The van der Waals surface area contributed by atoms with Crippen LogP contribution in [0.3, 0.4) is 0 Å². The van der Waals surface area contributed by atoms with E-state index in [2.05, 4.69) is 26.1 Å². The highest BCUT2D eigenvalue weighted by Crippen LogP contribution is 2.24. The first-order chi connectivity index (χ1) is 10.0. The Bertz CT molecular complexity index is 672. The Morgan fingerprint density at radius 2 is 2.19 bits per heavy atom. The molecular formula is C15H17BrN4O. The van der Waals surface area contributed by atoms with Gasteiger partial charge in [0.05, 0.1) is 4.47 Å². The molecule has 0 radical (unpaired) electrons. The molecule has 1 aromatic carbocycles. The molecule has 1 aromatic heterocycles. The molecule has 3 N–H and O–H groups in total. The molecule has 2 aromatic rings. The normalized spacial score (nSPS) is 11.5. The van der Waals surface area contributed by atoms with E-state index in [4.69, 9.17) is 10.9 Å². The monoisotopic (exact) mass is 348 g/mol. The highest BCUT2D eigenvalue weighted by atomic mass is 79.9. The molecule has 6 heteroatoms. The summed E-state index contributed by atoms with van der Waals surface area (Å²) in [5, 5.41) is 11.8. The molecule has 5 nitrogen and oxygen atoms in total. The molecule has 0 unspecified atom stereocenters. The summed E-state index contributed by atoms with van der Waals surface area (Å²) < 4.78 is 0.956. The zero-order chi connectivity index (χ0) is 15.4. The number of aryl methyl sites for hydroxylation is 1. The van der Waals surface area contributed by atoms with Gasteiger partial charge >= 0.3 is 0 Å². The fraction of sp³-hybridized carbons (Fsp3) is 0.200. The summed E-state index contributed by atoms with van der Waals surface area (Å²) in [7, 11) is 1.97. The van der Waals surface area contributed by atoms with Crippen LogP contribution in [0.15, 0.2) is 46.2 Å². The highest BCUT2D eigenvalue weighted by Gasteiger charge is 2.09. The quantitative estimate of drug-likeness (QED) is 0.385. The maximum absolute atomic E-state index is 8.74. The van der Waals surface area contributed by atoms with E-state index in [9.17, 15) is 0 Å². The summed E-state index contributed by atoms with van der Waals surface area (Å²) in [6.07, 6.45) is 1.84. The van der Waals surface area contributed by atoms with Crippen molar-refractivity contribution in [3.8, 4) is 0 Å². The van der Waals surface area contributed by atoms with Crippen LogP contribution in [-0.4, -0.2) is 23.1 Å². The van der Waals surface area contributed by atoms with E-state index < -0.39 is 0 Å². The SMILES string of the molecule is Cc1cnc(N(C)Cc2cccc(/C(N)=N/O)c2)c(Br)c1. The van der Waals surface area contributed by atoms with Crippen molar-refractivity contribution in [2.45, 2.75) is 13.5 Å². The Kier molecular flexibility index (Phi) is 4.80. The number of oxime groups is 1. The molecule has 110 valence electrons. The number of pyridine rings is 1. The molecule has 0 aliphatic heterocycles. The van der Waals surface area contributed by atoms with E-state index in [-0.39, 0.29) is 5.84 Å². The summed E-state index contributed by atoms with van der Waals surface area (Å²) in [6, 6.07) is 9.61. The van der Waals surface area contributed by atoms with Crippen LogP contribution in [0.2, 0.25) is 0 Å². The second kappa shape index (κ2) is 6.58. The topological polar surface area (TPSA) is 74.7 Å². The number of aromatic nitrogens is 1. The van der Waals surface area contributed by atoms with Crippen molar-refractivity contribution in [3.63, 3.8) is 0 Å². The number of benzene rings is 1. The predicted octanol–water partition coefficient (Wildman–Crippen LogP) is 2.88. The fourth-order valence-electron chi connectivity index (χ4n) is 2.04. The lowest BCUT2D eigenvalue weighted by molar-refractivity contribution is 0.318. The first kappa shape index (κ1) is 15.3. The van der Waals surface area contributed by atoms with E-state index >= 15 is 0 Å². The zero-order valence-electron chi connectivity index (χ0n) is 11.9. The zero-order valence-corrected chi connectivity index (χ0v) is 13.5. The summed E-state index contributed by atoms with van der Waals surface area (Å²) in [5.41, 5.74) is 8.46. The van der Waals surface area contributed by atoms with Crippen LogP contribution >= 0.6 is 15.9 Å². The number of halogens is 1. The van der Waals surface area contributed by atoms with Crippen molar-refractivity contribution < 1.29 is 5.21 Å². The molecule has 0 spiro atoms. The molecule has 1 heterocycles. The van der Waals surface area contributed by atoms with Gasteiger partial charge < -0.3 is 15.8 Å². The largest absolute Gasteiger partial charge is 0.409 e. The molecule has 0 saturated heterocycles. The molecule has 0 amide bonds. The predicted molar refractivity (Wildman–Crippen MR) is 87.7 cm³/mol. The number of hydrogen-bond donors (Lipinski definition) is 2. The smallest absolute Gasteiger partial charge is 0.170 e. The van der Waals surface area contributed by atoms with Crippen molar-refractivity contribution in [1.82, 2.24) is 4.98 Å². The minimum atomic E-state index is 0.106. The summed E-state index contributed by atoms with van der Waals surface area (Å²) >= 11 is 3.53. The number of nitrogens with zero attached hydrogens (tertiary/aromatic N) is 3. The molecule has 0 saturated carbocycles. The van der Waals surface area contributed by atoms with Gasteiger partial charge in [0.15, 0.2) is 5.84 Å². The molecule has 0 bridgehead atoms. The first-order valence-corrected chi connectivity index (χ1v) is 7.20. The Labute approximate surface area is 132 Å². The van der Waals surface area contributed by atoms with E-state index in [1.807, 2.05) is 49.3 Å². The first-order valence-electron chi connectivity index (χ1n) is 6.41. The van der Waals surface area contributed by atoms with E-state index in [0.29, 0.717) is 12.1 Å². The lowest BCUT2D eigenvalue weighted by atomic mass is 10.1. The van der Waals surface area contributed by atoms with Crippen LogP contribution in [0, 0.1) is 6.92 Å². The third-order valence-corrected chi connectivity index (χ3v) is 3.65. The van der Waals surface area contributed by atoms with Gasteiger partial charge in [0, 0.05) is 25.4 Å². The standard InChI is InChI=1S/C15H17BrN4O/c1-10-6-13(16)15(18-8-10)20(2)9-11-4-3-5-12(7-11)14(17)19-21/h3-8,21H,9H2,1-2H3,(H2,17,19). The van der Waals surface area contributed by atoms with Gasteiger partial charge in [-0.3, -0.25) is 0 Å². The molecule has 0 fully saturated rings. The van der Waals surface area contributed by atoms with Crippen molar-refractivity contribution in [2.75, 3.05) is 11.9 Å². The molecule has 0 atom stereocenters. The second-order valence-electron chi connectivity index (χ2n) is 4.86. The van der Waals surface area contributed by atoms with Crippen LogP contribution in [0.25, 0.3) is 0 Å². The number of amidine groups is 1. The van der Waals surface area contributed by atoms with Crippen LogP contribution in [0.1, 0.15) is 16.7 Å². The molecule has 0 aliphatic rings. The van der Waals surface area contributed by atoms with Gasteiger partial charge in [0.2, 0.25) is 0 Å². The number of hydrogen-bond acceptors (Lipinski definition) is 4. The molecule has 0 aliphatic carbocycles. The Balaban J connectivity index is 2.21. The van der Waals surface area contributed by atoms with E-state index in [1.165, 1.54) is 0 Å². The van der Waals surface area contributed by atoms with Gasteiger partial charge in [-0.05, 0) is 46.1 Å². The van der Waals surface area contributed by atoms with Gasteiger partial charge in [-0.2, -0.15) is 0 Å². The van der Waals surface area contributed by atoms with Crippen molar-refractivity contribution in [2.24, 2.45) is 10.9 Å². The van der Waals surface area contributed by atoms with Crippen molar-refractivity contribution in [1.29, 1.82) is 0 Å². The van der Waals surface area contributed by atoms with Crippen LogP contribution in [-0.2, 0) is 6.54 Å². The molecule has 21 heavy (non-hydrogen) atoms. The average molecular weight is 349 g/mol. The maximum atomic E-state index is 8.74. The minimum Gasteiger partial charge on any atom is -0.409 e. The van der Waals surface area contributed by atoms with Gasteiger partial charge in [0.25, 0.3) is 0 Å². The van der Waals surface area contributed by atoms with Crippen LogP contribution in [0.5, 0.6) is 0 Å². The maximum Gasteiger partial charge on any atom is 0.170 e. The third kappa shape index (κ3) is 3.72.